The number of ether oxygens (including phenoxy) is 6. The first-order valence-corrected chi connectivity index (χ1v) is 36.4. The Labute approximate surface area is 646 Å². The van der Waals surface area contributed by atoms with Gasteiger partial charge in [-0.15, -0.1) is 12.3 Å². The molecule has 0 aliphatic carbocycles. The molecule has 6 N–H and O–H groups in total. The van der Waals surface area contributed by atoms with E-state index in [2.05, 4.69) is 44.4 Å². The molecule has 23 heteroatoms. The van der Waals surface area contributed by atoms with Crippen molar-refractivity contribution in [3.63, 3.8) is 0 Å². The summed E-state index contributed by atoms with van der Waals surface area (Å²) in [7, 11) is 0. The lowest BCUT2D eigenvalue weighted by molar-refractivity contribution is -0.123. The largest absolute Gasteiger partial charge is 0.456 e. The van der Waals surface area contributed by atoms with Gasteiger partial charge in [-0.3, -0.25) is 24.0 Å². The van der Waals surface area contributed by atoms with Crippen molar-refractivity contribution in [1.82, 2.24) is 5.32 Å². The number of carbonyl (C=O) groups excluding carboxylic acids is 11. The van der Waals surface area contributed by atoms with Crippen molar-refractivity contribution in [2.75, 3.05) is 39.7 Å². The van der Waals surface area contributed by atoms with Crippen LogP contribution < -0.4 is 31.9 Å². The first kappa shape index (κ1) is 96.4. The van der Waals surface area contributed by atoms with Crippen molar-refractivity contribution in [3.8, 4) is 12.3 Å². The van der Waals surface area contributed by atoms with E-state index in [1.807, 2.05) is 138 Å². The van der Waals surface area contributed by atoms with E-state index in [0.29, 0.717) is 88.5 Å². The van der Waals surface area contributed by atoms with Crippen LogP contribution in [0, 0.1) is 41.4 Å². The number of hydrogen-bond acceptors (Lipinski definition) is 17. The molecule has 0 saturated carbocycles. The molecule has 0 saturated heterocycles. The SMILES string of the molecule is C#CC[C@H](C)C(=O)Nc1ccc(C(=O)OC(C)(C)C)cc1.C=CCOC(=O)NCCC[C@H](C)C(=O)Nc1ccc(C(=O)OC(C)(C)C)cc1.CC(C)(C)OC(=O)c1ccc(NC(=O)C(C)(C)C)cc1.CC(C)[C@H](C)C(=O)Nc1ccc(C(=O)OC(C)(C)C)cc1.CCCC(=O)Nc1ccc(C(=O)OC(C)(C)C)cc1. The van der Waals surface area contributed by atoms with Crippen LogP contribution in [0.25, 0.3) is 0 Å². The van der Waals surface area contributed by atoms with Crippen LogP contribution >= 0.6 is 0 Å². The number of rotatable bonds is 23. The number of benzene rings is 5. The number of anilines is 5. The van der Waals surface area contributed by atoms with Crippen molar-refractivity contribution in [2.24, 2.45) is 29.1 Å². The van der Waals surface area contributed by atoms with E-state index in [4.69, 9.17) is 34.8 Å². The van der Waals surface area contributed by atoms with Crippen molar-refractivity contribution in [3.05, 3.63) is 162 Å². The second kappa shape index (κ2) is 45.2. The minimum absolute atomic E-state index is 0.0185. The van der Waals surface area contributed by atoms with Gasteiger partial charge in [0.15, 0.2) is 0 Å². The lowest BCUT2D eigenvalue weighted by Crippen LogP contribution is -2.27. The summed E-state index contributed by atoms with van der Waals surface area (Å²) in [5, 5.41) is 16.6. The highest BCUT2D eigenvalue weighted by Crippen LogP contribution is 2.24. The van der Waals surface area contributed by atoms with Gasteiger partial charge in [0.05, 0.1) is 27.8 Å². The van der Waals surface area contributed by atoms with E-state index in [1.54, 1.807) is 149 Å². The molecule has 0 spiro atoms. The molecule has 3 atom stereocenters. The zero-order chi connectivity index (χ0) is 83.4. The Morgan fingerprint density at radius 2 is 0.706 bits per heavy atom. The maximum Gasteiger partial charge on any atom is 0.407 e. The average molecular weight is 1510 g/mol. The second-order valence-electron chi connectivity index (χ2n) is 32.1. The number of alkyl carbamates (subject to hydrolysis) is 1. The predicted molar refractivity (Wildman–Crippen MR) is 430 cm³/mol. The molecule has 109 heavy (non-hydrogen) atoms. The van der Waals surface area contributed by atoms with Crippen molar-refractivity contribution in [2.45, 2.75) is 226 Å². The molecule has 23 nitrogen and oxygen atoms in total. The summed E-state index contributed by atoms with van der Waals surface area (Å²) in [6.07, 6.45) is 9.13. The van der Waals surface area contributed by atoms with Crippen LogP contribution in [-0.4, -0.2) is 107 Å². The van der Waals surface area contributed by atoms with Gasteiger partial charge in [-0.1, -0.05) is 75.0 Å². The zero-order valence-electron chi connectivity index (χ0n) is 68.6. The standard InChI is InChI=1S/C21H30N2O5.C17H25NO3.C17H21NO3.C16H23NO3.C15H21NO3/c1-6-14-27-20(26)22-13-7-8-15(2)18(24)23-17-11-9-16(10-12-17)19(25)28-21(3,4)5;1-11(2)12(3)15(19)18-14-9-7-13(8-10-14)16(20)21-17(4,5)6;1-6-7-12(2)15(19)18-14-10-8-13(9-11-14)16(20)21-17(3,4)5;1-15(2,3)14(19)17-12-9-7-11(8-10-12)13(18)20-16(4,5)6;1-5-6-13(17)16-12-9-7-11(8-10-12)14(18)19-15(2,3)4/h6,9-12,15H,1,7-8,13-14H2,2-5H3,(H,22,26)(H,23,24);7-12H,1-6H3,(H,18,19);1,8-12H,7H2,2-5H3,(H,18,19);7-10H,1-6H3,(H,17,19);7-10H,5-6H2,1-4H3,(H,16,17)/t15-;2*12-;;/m000../s1. The fourth-order valence-corrected chi connectivity index (χ4v) is 8.18. The molecule has 0 bridgehead atoms. The van der Waals surface area contributed by atoms with Crippen LogP contribution in [0.15, 0.2) is 134 Å². The third-order valence-electron chi connectivity index (χ3n) is 14.2. The van der Waals surface area contributed by atoms with E-state index in [9.17, 15) is 52.7 Å². The van der Waals surface area contributed by atoms with Gasteiger partial charge in [-0.25, -0.2) is 28.8 Å². The molecule has 0 unspecified atom stereocenters. The Morgan fingerprint density at radius 3 is 0.972 bits per heavy atom. The lowest BCUT2D eigenvalue weighted by atomic mass is 9.95. The van der Waals surface area contributed by atoms with Crippen LogP contribution in [0.4, 0.5) is 33.2 Å². The number of carbonyl (C=O) groups is 11. The van der Waals surface area contributed by atoms with Gasteiger partial charge in [-0.05, 0) is 250 Å². The smallest absolute Gasteiger partial charge is 0.407 e. The Kier molecular flexibility index (Phi) is 40.0. The van der Waals surface area contributed by atoms with Gasteiger partial charge < -0.3 is 60.3 Å². The maximum absolute atomic E-state index is 12.3. The molecule has 5 rings (SSSR count). The first-order chi connectivity index (χ1) is 50.2. The molecule has 0 heterocycles. The molecule has 6 amide bonds. The fraction of sp³-hybridized carbons (Fsp3) is 0.477. The van der Waals surface area contributed by atoms with Crippen LogP contribution in [0.3, 0.4) is 0 Å². The maximum atomic E-state index is 12.3. The number of terminal acetylenes is 1. The van der Waals surface area contributed by atoms with Crippen molar-refractivity contribution in [1.29, 1.82) is 0 Å². The Hall–Kier alpha value is -10.6. The molecule has 596 valence electrons. The van der Waals surface area contributed by atoms with E-state index in [0.717, 1.165) is 6.42 Å². The van der Waals surface area contributed by atoms with Crippen LogP contribution in [0.1, 0.15) is 250 Å². The van der Waals surface area contributed by atoms with Gasteiger partial charge in [0, 0.05) is 71.0 Å². The van der Waals surface area contributed by atoms with E-state index in [1.165, 1.54) is 6.08 Å². The van der Waals surface area contributed by atoms with Crippen LogP contribution in [0.2, 0.25) is 0 Å². The third kappa shape index (κ3) is 43.1. The number of hydrogen-bond donors (Lipinski definition) is 6. The Balaban J connectivity index is 0.000000686. The van der Waals surface area contributed by atoms with Gasteiger partial charge in [0.2, 0.25) is 29.5 Å². The second-order valence-corrected chi connectivity index (χ2v) is 32.1. The number of nitrogens with one attached hydrogen (secondary N) is 6. The van der Waals surface area contributed by atoms with Gasteiger partial charge in [0.1, 0.15) is 34.6 Å². The summed E-state index contributed by atoms with van der Waals surface area (Å²) in [5.41, 5.74) is 2.45. The quantitative estimate of drug-likeness (QED) is 0.0116. The summed E-state index contributed by atoms with van der Waals surface area (Å²) >= 11 is 0. The van der Waals surface area contributed by atoms with E-state index < -0.39 is 45.5 Å². The summed E-state index contributed by atoms with van der Waals surface area (Å²) in [6.45, 7) is 48.3. The summed E-state index contributed by atoms with van der Waals surface area (Å²) in [5.74, 6) is -0.0552. The van der Waals surface area contributed by atoms with Gasteiger partial charge >= 0.3 is 35.9 Å². The minimum atomic E-state index is -0.559. The van der Waals surface area contributed by atoms with Crippen LogP contribution in [-0.2, 0) is 52.4 Å². The van der Waals surface area contributed by atoms with Gasteiger partial charge in [0.25, 0.3) is 0 Å². The molecule has 0 fully saturated rings. The topological polar surface area (TPSA) is 315 Å². The summed E-state index contributed by atoms with van der Waals surface area (Å²) in [4.78, 5) is 130. The zero-order valence-corrected chi connectivity index (χ0v) is 68.6. The van der Waals surface area contributed by atoms with Crippen molar-refractivity contribution >= 4 is 93.9 Å². The highest BCUT2D eigenvalue weighted by molar-refractivity contribution is 5.98. The fourth-order valence-electron chi connectivity index (χ4n) is 8.18. The number of amides is 6. The highest BCUT2D eigenvalue weighted by Gasteiger charge is 2.26. The molecule has 5 aromatic rings. The van der Waals surface area contributed by atoms with E-state index >= 15 is 0 Å². The summed E-state index contributed by atoms with van der Waals surface area (Å²) < 4.78 is 31.2. The monoisotopic (exact) mass is 1510 g/mol. The molecular weight excluding hydrogens is 1390 g/mol. The minimum Gasteiger partial charge on any atom is -0.456 e. The summed E-state index contributed by atoms with van der Waals surface area (Å²) in [6, 6.07) is 33.3. The molecule has 5 aromatic carbocycles. The molecular formula is C86H120N6O17. The highest BCUT2D eigenvalue weighted by atomic mass is 16.6. The third-order valence-corrected chi connectivity index (χ3v) is 14.2. The lowest BCUT2D eigenvalue weighted by Gasteiger charge is -2.20. The Bertz CT molecular complexity index is 3820. The average Bonchev–Trinajstić information content (AvgIpc) is 0.878. The normalized spacial score (nSPS) is 12.0. The molecule has 0 aliphatic heterocycles. The first-order valence-electron chi connectivity index (χ1n) is 36.4. The molecule has 0 aliphatic rings. The van der Waals surface area contributed by atoms with Gasteiger partial charge in [-0.2, -0.15) is 0 Å². The predicted octanol–water partition coefficient (Wildman–Crippen LogP) is 18.0. The van der Waals surface area contributed by atoms with Crippen LogP contribution in [0.5, 0.6) is 0 Å². The van der Waals surface area contributed by atoms with Crippen molar-refractivity contribution < 1.29 is 81.2 Å². The molecule has 0 aromatic heterocycles. The number of esters is 5. The Morgan fingerprint density at radius 1 is 0.422 bits per heavy atom. The van der Waals surface area contributed by atoms with E-state index in [-0.39, 0.29) is 83.7 Å². The molecule has 0 radical (unpaired) electrons.